The van der Waals surface area contributed by atoms with E-state index in [1.54, 1.807) is 24.3 Å². The van der Waals surface area contributed by atoms with Crippen LogP contribution in [0.1, 0.15) is 26.7 Å². The smallest absolute Gasteiger partial charge is 0.319 e. The molecule has 1 aromatic carbocycles. The van der Waals surface area contributed by atoms with Crippen LogP contribution in [0.5, 0.6) is 0 Å². The SMILES string of the molecule is CC(C)CC(CNC(=O)Nc1ccccc1N)CC(=O)O. The minimum Gasteiger partial charge on any atom is -0.481 e. The molecule has 0 saturated carbocycles. The maximum absolute atomic E-state index is 11.8. The lowest BCUT2D eigenvalue weighted by atomic mass is 9.94. The van der Waals surface area contributed by atoms with Gasteiger partial charge in [-0.2, -0.15) is 0 Å². The first-order valence-electron chi connectivity index (χ1n) is 6.99. The molecule has 0 radical (unpaired) electrons. The molecule has 0 heterocycles. The van der Waals surface area contributed by atoms with Crippen molar-refractivity contribution in [1.29, 1.82) is 0 Å². The Morgan fingerprint density at radius 2 is 1.95 bits per heavy atom. The number of carbonyl (C=O) groups excluding carboxylic acids is 1. The van der Waals surface area contributed by atoms with Gasteiger partial charge in [0.25, 0.3) is 0 Å². The molecular weight excluding hydrogens is 270 g/mol. The normalized spacial score (nSPS) is 12.0. The van der Waals surface area contributed by atoms with Gasteiger partial charge in [-0.3, -0.25) is 4.79 Å². The number of nitrogens with one attached hydrogen (secondary N) is 2. The van der Waals surface area contributed by atoms with Gasteiger partial charge in [-0.1, -0.05) is 26.0 Å². The van der Waals surface area contributed by atoms with E-state index in [0.29, 0.717) is 23.8 Å². The summed E-state index contributed by atoms with van der Waals surface area (Å²) >= 11 is 0. The van der Waals surface area contributed by atoms with Crippen molar-refractivity contribution in [1.82, 2.24) is 5.32 Å². The highest BCUT2D eigenvalue weighted by Crippen LogP contribution is 2.17. The quantitative estimate of drug-likeness (QED) is 0.580. The number of urea groups is 1. The standard InChI is InChI=1S/C15H23N3O3/c1-10(2)7-11(8-14(19)20)9-17-15(21)18-13-6-4-3-5-12(13)16/h3-6,10-11H,7-9,16H2,1-2H3,(H,19,20)(H2,17,18,21). The number of carboxylic acids is 1. The Morgan fingerprint density at radius 3 is 2.52 bits per heavy atom. The van der Waals surface area contributed by atoms with Crippen molar-refractivity contribution in [3.8, 4) is 0 Å². The van der Waals surface area contributed by atoms with Crippen molar-refractivity contribution < 1.29 is 14.7 Å². The second kappa shape index (κ2) is 8.14. The molecule has 21 heavy (non-hydrogen) atoms. The molecule has 2 amide bonds. The van der Waals surface area contributed by atoms with E-state index in [0.717, 1.165) is 6.42 Å². The van der Waals surface area contributed by atoms with Crippen LogP contribution in [0.25, 0.3) is 0 Å². The number of nitrogen functional groups attached to an aromatic ring is 1. The molecule has 0 aliphatic rings. The van der Waals surface area contributed by atoms with Crippen molar-refractivity contribution >= 4 is 23.4 Å². The van der Waals surface area contributed by atoms with Crippen LogP contribution >= 0.6 is 0 Å². The number of rotatable bonds is 7. The molecule has 6 heteroatoms. The molecule has 0 aromatic heterocycles. The lowest BCUT2D eigenvalue weighted by Crippen LogP contribution is -2.34. The molecule has 0 bridgehead atoms. The summed E-state index contributed by atoms with van der Waals surface area (Å²) in [5.74, 6) is -0.555. The molecule has 0 aliphatic carbocycles. The zero-order chi connectivity index (χ0) is 15.8. The third-order valence-corrected chi connectivity index (χ3v) is 3.03. The van der Waals surface area contributed by atoms with Crippen LogP contribution in [-0.2, 0) is 4.79 Å². The van der Waals surface area contributed by atoms with Crippen LogP contribution in [0, 0.1) is 11.8 Å². The molecule has 1 unspecified atom stereocenters. The predicted molar refractivity (Wildman–Crippen MR) is 83.1 cm³/mol. The van der Waals surface area contributed by atoms with Gasteiger partial charge in [0, 0.05) is 13.0 Å². The van der Waals surface area contributed by atoms with E-state index in [4.69, 9.17) is 10.8 Å². The predicted octanol–water partition coefficient (Wildman–Crippen LogP) is 2.53. The summed E-state index contributed by atoms with van der Waals surface area (Å²) in [5.41, 5.74) is 6.76. The van der Waals surface area contributed by atoms with E-state index in [1.807, 2.05) is 13.8 Å². The van der Waals surface area contributed by atoms with E-state index < -0.39 is 5.97 Å². The van der Waals surface area contributed by atoms with Crippen LogP contribution in [0.4, 0.5) is 16.2 Å². The maximum Gasteiger partial charge on any atom is 0.319 e. The number of carboxylic acid groups (broad SMARTS) is 1. The van der Waals surface area contributed by atoms with Gasteiger partial charge in [0.05, 0.1) is 11.4 Å². The molecule has 0 aliphatic heterocycles. The fourth-order valence-corrected chi connectivity index (χ4v) is 2.17. The van der Waals surface area contributed by atoms with Crippen molar-refractivity contribution in [2.75, 3.05) is 17.6 Å². The average Bonchev–Trinajstić information content (AvgIpc) is 2.37. The molecule has 1 atom stereocenters. The highest BCUT2D eigenvalue weighted by atomic mass is 16.4. The zero-order valence-electron chi connectivity index (χ0n) is 12.4. The van der Waals surface area contributed by atoms with Crippen molar-refractivity contribution in [2.24, 2.45) is 11.8 Å². The fraction of sp³-hybridized carbons (Fsp3) is 0.467. The van der Waals surface area contributed by atoms with Gasteiger partial charge in [-0.15, -0.1) is 0 Å². The summed E-state index contributed by atoms with van der Waals surface area (Å²) in [4.78, 5) is 22.6. The summed E-state index contributed by atoms with van der Waals surface area (Å²) < 4.78 is 0. The monoisotopic (exact) mass is 293 g/mol. The number of hydrogen-bond acceptors (Lipinski definition) is 3. The lowest BCUT2D eigenvalue weighted by molar-refractivity contribution is -0.138. The second-order valence-electron chi connectivity index (χ2n) is 5.52. The van der Waals surface area contributed by atoms with Crippen LogP contribution in [0.2, 0.25) is 0 Å². The Hall–Kier alpha value is -2.24. The van der Waals surface area contributed by atoms with Gasteiger partial charge in [0.15, 0.2) is 0 Å². The zero-order valence-corrected chi connectivity index (χ0v) is 12.4. The Bertz CT molecular complexity index is 489. The first-order chi connectivity index (χ1) is 9.88. The first kappa shape index (κ1) is 16.8. The number of benzene rings is 1. The van der Waals surface area contributed by atoms with E-state index >= 15 is 0 Å². The fourth-order valence-electron chi connectivity index (χ4n) is 2.17. The molecule has 0 spiro atoms. The minimum absolute atomic E-state index is 0.0476. The third-order valence-electron chi connectivity index (χ3n) is 3.03. The minimum atomic E-state index is -0.852. The van der Waals surface area contributed by atoms with Crippen molar-refractivity contribution in [2.45, 2.75) is 26.7 Å². The van der Waals surface area contributed by atoms with E-state index in [2.05, 4.69) is 10.6 Å². The number of anilines is 2. The number of para-hydroxylation sites is 2. The van der Waals surface area contributed by atoms with Crippen molar-refractivity contribution in [3.63, 3.8) is 0 Å². The molecule has 116 valence electrons. The summed E-state index contributed by atoms with van der Waals surface area (Å²) in [5, 5.41) is 14.2. The Balaban J connectivity index is 2.49. The highest BCUT2D eigenvalue weighted by Gasteiger charge is 2.16. The highest BCUT2D eigenvalue weighted by molar-refractivity contribution is 5.92. The van der Waals surface area contributed by atoms with Gasteiger partial charge in [-0.25, -0.2) is 4.79 Å². The second-order valence-corrected chi connectivity index (χ2v) is 5.52. The largest absolute Gasteiger partial charge is 0.481 e. The molecular formula is C15H23N3O3. The van der Waals surface area contributed by atoms with Gasteiger partial charge in [0.2, 0.25) is 0 Å². The molecule has 5 N–H and O–H groups in total. The number of carbonyl (C=O) groups is 2. The van der Waals surface area contributed by atoms with Gasteiger partial charge >= 0.3 is 12.0 Å². The molecule has 0 saturated heterocycles. The van der Waals surface area contributed by atoms with Gasteiger partial charge < -0.3 is 21.5 Å². The number of hydrogen-bond donors (Lipinski definition) is 4. The molecule has 1 aromatic rings. The molecule has 0 fully saturated rings. The number of amides is 2. The first-order valence-corrected chi connectivity index (χ1v) is 6.99. The lowest BCUT2D eigenvalue weighted by Gasteiger charge is -2.18. The summed E-state index contributed by atoms with van der Waals surface area (Å²) in [6, 6.07) is 6.58. The van der Waals surface area contributed by atoms with Crippen LogP contribution in [0.15, 0.2) is 24.3 Å². The number of aliphatic carboxylic acids is 1. The molecule has 1 rings (SSSR count). The Kier molecular flexibility index (Phi) is 6.52. The van der Waals surface area contributed by atoms with Gasteiger partial charge in [0.1, 0.15) is 0 Å². The van der Waals surface area contributed by atoms with E-state index in [-0.39, 0.29) is 18.4 Å². The van der Waals surface area contributed by atoms with Crippen LogP contribution < -0.4 is 16.4 Å². The molecule has 6 nitrogen and oxygen atoms in total. The topological polar surface area (TPSA) is 104 Å². The summed E-state index contributed by atoms with van der Waals surface area (Å²) in [6.07, 6.45) is 0.798. The van der Waals surface area contributed by atoms with Crippen molar-refractivity contribution in [3.05, 3.63) is 24.3 Å². The summed E-state index contributed by atoms with van der Waals surface area (Å²) in [7, 11) is 0. The Labute approximate surface area is 124 Å². The number of nitrogens with two attached hydrogens (primary N) is 1. The maximum atomic E-state index is 11.8. The Morgan fingerprint density at radius 1 is 1.29 bits per heavy atom. The summed E-state index contributed by atoms with van der Waals surface area (Å²) in [6.45, 7) is 4.38. The van der Waals surface area contributed by atoms with Crippen LogP contribution in [0.3, 0.4) is 0 Å². The third kappa shape index (κ3) is 6.65. The van der Waals surface area contributed by atoms with E-state index in [9.17, 15) is 9.59 Å². The van der Waals surface area contributed by atoms with Crippen LogP contribution in [-0.4, -0.2) is 23.7 Å². The van der Waals surface area contributed by atoms with E-state index in [1.165, 1.54) is 0 Å². The van der Waals surface area contributed by atoms with Gasteiger partial charge in [-0.05, 0) is 30.4 Å². The average molecular weight is 293 g/mol.